The monoisotopic (exact) mass is 170 g/mol. The highest BCUT2D eigenvalue weighted by Gasteiger charge is 2.27. The highest BCUT2D eigenvalue weighted by molar-refractivity contribution is 5.23. The van der Waals surface area contributed by atoms with Crippen molar-refractivity contribution in [2.75, 3.05) is 13.2 Å². The second-order valence-corrected chi connectivity index (χ2v) is 3.48. The van der Waals surface area contributed by atoms with Crippen molar-refractivity contribution in [2.24, 2.45) is 5.41 Å². The smallest absolute Gasteiger partial charge is 0.154 e. The maximum Gasteiger partial charge on any atom is 0.154 e. The summed E-state index contributed by atoms with van der Waals surface area (Å²) in [5, 5.41) is 0. The predicted octanol–water partition coefficient (Wildman–Crippen LogP) is 2.35. The predicted molar refractivity (Wildman–Crippen MR) is 48.9 cm³/mol. The summed E-state index contributed by atoms with van der Waals surface area (Å²) in [5.41, 5.74) is 0.353. The Kier molecular flexibility index (Phi) is 3.29. The molecular formula is C10H18O2. The van der Waals surface area contributed by atoms with Crippen molar-refractivity contribution in [2.45, 2.75) is 33.5 Å². The average Bonchev–Trinajstić information content (AvgIpc) is 2.69. The van der Waals surface area contributed by atoms with Crippen molar-refractivity contribution in [1.29, 1.82) is 0 Å². The van der Waals surface area contributed by atoms with Crippen LogP contribution in [0.15, 0.2) is 12.2 Å². The molecule has 0 heterocycles. The van der Waals surface area contributed by atoms with Crippen molar-refractivity contribution >= 4 is 0 Å². The van der Waals surface area contributed by atoms with Gasteiger partial charge in [-0.3, -0.25) is 0 Å². The van der Waals surface area contributed by atoms with Gasteiger partial charge in [0.2, 0.25) is 0 Å². The first-order valence-electron chi connectivity index (χ1n) is 4.60. The van der Waals surface area contributed by atoms with Crippen molar-refractivity contribution in [1.82, 2.24) is 0 Å². The molecule has 1 rings (SSSR count). The molecule has 12 heavy (non-hydrogen) atoms. The molecule has 0 bridgehead atoms. The van der Waals surface area contributed by atoms with Gasteiger partial charge < -0.3 is 9.47 Å². The molecule has 0 spiro atoms. The van der Waals surface area contributed by atoms with E-state index in [-0.39, 0.29) is 6.29 Å². The highest BCUT2D eigenvalue weighted by atomic mass is 16.7. The van der Waals surface area contributed by atoms with Gasteiger partial charge in [0.1, 0.15) is 0 Å². The minimum absolute atomic E-state index is 0.0580. The fourth-order valence-corrected chi connectivity index (χ4v) is 1.04. The molecular weight excluding hydrogens is 152 g/mol. The second-order valence-electron chi connectivity index (χ2n) is 3.48. The molecule has 2 heteroatoms. The van der Waals surface area contributed by atoms with E-state index in [9.17, 15) is 0 Å². The number of hydrogen-bond donors (Lipinski definition) is 0. The summed E-state index contributed by atoms with van der Waals surface area (Å²) in [7, 11) is 0. The Morgan fingerprint density at radius 1 is 1.33 bits per heavy atom. The van der Waals surface area contributed by atoms with Crippen LogP contribution in [0.1, 0.15) is 27.2 Å². The van der Waals surface area contributed by atoms with Gasteiger partial charge in [0.05, 0.1) is 6.61 Å². The Morgan fingerprint density at radius 2 is 2.00 bits per heavy atom. The zero-order valence-electron chi connectivity index (χ0n) is 8.17. The van der Waals surface area contributed by atoms with E-state index in [0.717, 1.165) is 19.6 Å². The van der Waals surface area contributed by atoms with Crippen LogP contribution in [0.25, 0.3) is 0 Å². The minimum atomic E-state index is -0.0580. The molecule has 0 aliphatic heterocycles. The zero-order chi connectivity index (χ0) is 9.03. The number of allylic oxidation sites excluding steroid dienone is 2. The zero-order valence-corrected chi connectivity index (χ0v) is 8.17. The van der Waals surface area contributed by atoms with Gasteiger partial charge in [-0.25, -0.2) is 0 Å². The summed E-state index contributed by atoms with van der Waals surface area (Å²) in [4.78, 5) is 0. The minimum Gasteiger partial charge on any atom is -0.353 e. The van der Waals surface area contributed by atoms with E-state index >= 15 is 0 Å². The molecule has 1 atom stereocenters. The number of rotatable bonds is 6. The van der Waals surface area contributed by atoms with Gasteiger partial charge in [-0.1, -0.05) is 19.1 Å². The van der Waals surface area contributed by atoms with E-state index in [1.807, 2.05) is 13.8 Å². The fourth-order valence-electron chi connectivity index (χ4n) is 1.04. The number of ether oxygens (including phenoxy) is 2. The standard InChI is InChI=1S/C10H18O2/c1-4-11-9(2)12-8-7-10(3)5-6-10/h5-6,9H,4,7-8H2,1-3H3/t9-/m0/s1. The van der Waals surface area contributed by atoms with Crippen LogP contribution in [0, 0.1) is 5.41 Å². The molecule has 0 radical (unpaired) electrons. The van der Waals surface area contributed by atoms with Crippen LogP contribution in [-0.2, 0) is 9.47 Å². The summed E-state index contributed by atoms with van der Waals surface area (Å²) >= 11 is 0. The van der Waals surface area contributed by atoms with E-state index in [4.69, 9.17) is 9.47 Å². The van der Waals surface area contributed by atoms with Crippen molar-refractivity contribution in [3.8, 4) is 0 Å². The lowest BCUT2D eigenvalue weighted by molar-refractivity contribution is -0.129. The van der Waals surface area contributed by atoms with Crippen LogP contribution in [0.3, 0.4) is 0 Å². The topological polar surface area (TPSA) is 18.5 Å². The lowest BCUT2D eigenvalue weighted by Crippen LogP contribution is -2.15. The van der Waals surface area contributed by atoms with Gasteiger partial charge >= 0.3 is 0 Å². The van der Waals surface area contributed by atoms with Gasteiger partial charge in [-0.15, -0.1) is 0 Å². The molecule has 70 valence electrons. The Morgan fingerprint density at radius 3 is 2.50 bits per heavy atom. The average molecular weight is 170 g/mol. The van der Waals surface area contributed by atoms with E-state index < -0.39 is 0 Å². The molecule has 0 saturated heterocycles. The molecule has 0 N–H and O–H groups in total. The molecule has 0 aromatic rings. The fraction of sp³-hybridized carbons (Fsp3) is 0.800. The van der Waals surface area contributed by atoms with Gasteiger partial charge in [-0.05, 0) is 20.3 Å². The Bertz CT molecular complexity index is 157. The summed E-state index contributed by atoms with van der Waals surface area (Å²) < 4.78 is 10.7. The van der Waals surface area contributed by atoms with E-state index in [1.165, 1.54) is 0 Å². The Hall–Kier alpha value is -0.340. The molecule has 0 fully saturated rings. The largest absolute Gasteiger partial charge is 0.353 e. The van der Waals surface area contributed by atoms with E-state index in [0.29, 0.717) is 5.41 Å². The van der Waals surface area contributed by atoms with Gasteiger partial charge in [0.15, 0.2) is 6.29 Å². The molecule has 0 aromatic carbocycles. The molecule has 0 amide bonds. The molecule has 0 unspecified atom stereocenters. The summed E-state index contributed by atoms with van der Waals surface area (Å²) in [6.07, 6.45) is 5.44. The first-order valence-corrected chi connectivity index (χ1v) is 4.60. The van der Waals surface area contributed by atoms with E-state index in [1.54, 1.807) is 0 Å². The maximum absolute atomic E-state index is 5.44. The lowest BCUT2D eigenvalue weighted by Gasteiger charge is -2.14. The maximum atomic E-state index is 5.44. The second kappa shape index (κ2) is 4.06. The van der Waals surface area contributed by atoms with Crippen LogP contribution >= 0.6 is 0 Å². The lowest BCUT2D eigenvalue weighted by atomic mass is 10.0. The molecule has 0 saturated carbocycles. The quantitative estimate of drug-likeness (QED) is 0.450. The van der Waals surface area contributed by atoms with Gasteiger partial charge in [0, 0.05) is 12.0 Å². The van der Waals surface area contributed by atoms with Crippen molar-refractivity contribution in [3.63, 3.8) is 0 Å². The van der Waals surface area contributed by atoms with E-state index in [2.05, 4.69) is 19.1 Å². The summed E-state index contributed by atoms with van der Waals surface area (Å²) in [5.74, 6) is 0. The van der Waals surface area contributed by atoms with Crippen LogP contribution in [0.4, 0.5) is 0 Å². The Balaban J connectivity index is 1.94. The molecule has 1 aliphatic rings. The van der Waals surface area contributed by atoms with Gasteiger partial charge in [0.25, 0.3) is 0 Å². The molecule has 0 aromatic heterocycles. The van der Waals surface area contributed by atoms with Crippen molar-refractivity contribution in [3.05, 3.63) is 12.2 Å². The molecule has 1 aliphatic carbocycles. The first-order chi connectivity index (χ1) is 5.66. The highest BCUT2D eigenvalue weighted by Crippen LogP contribution is 2.37. The first kappa shape index (κ1) is 9.75. The third-order valence-corrected chi connectivity index (χ3v) is 2.13. The molecule has 2 nitrogen and oxygen atoms in total. The Labute approximate surface area is 74.6 Å². The van der Waals surface area contributed by atoms with Crippen LogP contribution in [-0.4, -0.2) is 19.5 Å². The summed E-state index contributed by atoms with van der Waals surface area (Å²) in [6, 6.07) is 0. The van der Waals surface area contributed by atoms with Gasteiger partial charge in [-0.2, -0.15) is 0 Å². The number of hydrogen-bond acceptors (Lipinski definition) is 2. The SMILES string of the molecule is CCO[C@H](C)OCCC1(C)C=C1. The van der Waals surface area contributed by atoms with Crippen LogP contribution in [0.5, 0.6) is 0 Å². The third kappa shape index (κ3) is 3.37. The third-order valence-electron chi connectivity index (χ3n) is 2.13. The summed E-state index contributed by atoms with van der Waals surface area (Å²) in [6.45, 7) is 7.62. The van der Waals surface area contributed by atoms with Crippen LogP contribution in [0.2, 0.25) is 0 Å². The normalized spacial score (nSPS) is 20.9. The van der Waals surface area contributed by atoms with Crippen molar-refractivity contribution < 1.29 is 9.47 Å². The van der Waals surface area contributed by atoms with Crippen LogP contribution < -0.4 is 0 Å².